The molecule has 0 aromatic heterocycles. The number of unbranched alkanes of at least 4 members (excludes halogenated alkanes) is 28. The van der Waals surface area contributed by atoms with Gasteiger partial charge in [-0.2, -0.15) is 0 Å². The number of carbonyl (C=O) groups is 1. The van der Waals surface area contributed by atoms with E-state index in [4.69, 9.17) is 0 Å². The summed E-state index contributed by atoms with van der Waals surface area (Å²) in [5, 5.41) is 0. The first-order chi connectivity index (χ1) is 26.7. The average molecular weight is 832 g/mol. The Balaban J connectivity index is 4.04. The molecular formula is C49H98OS4. The molecule has 0 spiro atoms. The van der Waals surface area contributed by atoms with Gasteiger partial charge in [-0.05, 0) is 74.4 Å². The molecule has 0 heterocycles. The fraction of sp³-hybridized carbons (Fsp3) is 0.980. The zero-order valence-electron chi connectivity index (χ0n) is 37.4. The maximum absolute atomic E-state index is 12.6. The topological polar surface area (TPSA) is 17.1 Å². The SMILES string of the molecule is CCCCCCCCSC(CCCCCCCC(=O)CCCCCCCC(SCCCCCCCC)SCCCCCCCC)SCCCCCCCC. The van der Waals surface area contributed by atoms with Crippen molar-refractivity contribution in [2.45, 2.75) is 281 Å². The van der Waals surface area contributed by atoms with Gasteiger partial charge in [0.2, 0.25) is 0 Å². The molecule has 0 bridgehead atoms. The van der Waals surface area contributed by atoms with Crippen LogP contribution in [-0.2, 0) is 4.79 Å². The van der Waals surface area contributed by atoms with Crippen LogP contribution in [0.25, 0.3) is 0 Å². The van der Waals surface area contributed by atoms with E-state index in [1.165, 1.54) is 241 Å². The molecule has 5 heteroatoms. The van der Waals surface area contributed by atoms with Gasteiger partial charge >= 0.3 is 0 Å². The molecule has 54 heavy (non-hydrogen) atoms. The third-order valence-electron chi connectivity index (χ3n) is 11.0. The number of ketones is 1. The predicted octanol–water partition coefficient (Wildman–Crippen LogP) is 19.0. The number of hydrogen-bond acceptors (Lipinski definition) is 5. The zero-order valence-corrected chi connectivity index (χ0v) is 40.7. The van der Waals surface area contributed by atoms with Gasteiger partial charge < -0.3 is 0 Å². The van der Waals surface area contributed by atoms with Gasteiger partial charge in [0, 0.05) is 12.8 Å². The van der Waals surface area contributed by atoms with Crippen LogP contribution in [0.4, 0.5) is 0 Å². The van der Waals surface area contributed by atoms with E-state index in [0.29, 0.717) is 5.78 Å². The molecule has 0 atom stereocenters. The van der Waals surface area contributed by atoms with Crippen LogP contribution in [0.3, 0.4) is 0 Å². The summed E-state index contributed by atoms with van der Waals surface area (Å²) < 4.78 is 1.61. The molecule has 0 N–H and O–H groups in total. The van der Waals surface area contributed by atoms with E-state index in [-0.39, 0.29) is 0 Å². The van der Waals surface area contributed by atoms with E-state index in [2.05, 4.69) is 74.7 Å². The summed E-state index contributed by atoms with van der Waals surface area (Å²) in [5.74, 6) is 5.98. The van der Waals surface area contributed by atoms with Crippen molar-refractivity contribution >= 4 is 52.8 Å². The summed E-state index contributed by atoms with van der Waals surface area (Å²) >= 11 is 9.09. The second kappa shape index (κ2) is 48.4. The van der Waals surface area contributed by atoms with E-state index >= 15 is 0 Å². The Bertz CT molecular complexity index is 611. The first kappa shape index (κ1) is 55.1. The van der Waals surface area contributed by atoms with E-state index in [0.717, 1.165) is 34.8 Å². The summed E-state index contributed by atoms with van der Waals surface area (Å²) in [5.41, 5.74) is 0. The van der Waals surface area contributed by atoms with Crippen molar-refractivity contribution < 1.29 is 4.79 Å². The average Bonchev–Trinajstić information content (AvgIpc) is 3.17. The lowest BCUT2D eigenvalue weighted by atomic mass is 10.0. The Hall–Kier alpha value is 1.07. The van der Waals surface area contributed by atoms with Gasteiger partial charge in [0.15, 0.2) is 0 Å². The second-order valence-corrected chi connectivity index (χ2v) is 22.4. The van der Waals surface area contributed by atoms with Crippen LogP contribution in [0.15, 0.2) is 0 Å². The number of hydrogen-bond donors (Lipinski definition) is 0. The third kappa shape index (κ3) is 44.2. The molecule has 0 aliphatic rings. The number of rotatable bonds is 48. The van der Waals surface area contributed by atoms with Crippen LogP contribution in [0, 0.1) is 0 Å². The Morgan fingerprint density at radius 2 is 0.519 bits per heavy atom. The van der Waals surface area contributed by atoms with Crippen LogP contribution >= 0.6 is 47.0 Å². The van der Waals surface area contributed by atoms with Crippen LogP contribution < -0.4 is 0 Å². The molecule has 0 saturated heterocycles. The quantitative estimate of drug-likeness (QED) is 0.0447. The van der Waals surface area contributed by atoms with Gasteiger partial charge in [-0.25, -0.2) is 0 Å². The van der Waals surface area contributed by atoms with Gasteiger partial charge in [0.05, 0.1) is 9.16 Å². The first-order valence-electron chi connectivity index (χ1n) is 24.7. The van der Waals surface area contributed by atoms with Crippen molar-refractivity contribution in [3.05, 3.63) is 0 Å². The number of carbonyl (C=O) groups excluding carboxylic acids is 1. The summed E-state index contributed by atoms with van der Waals surface area (Å²) in [6, 6.07) is 0. The Labute approximate surface area is 359 Å². The van der Waals surface area contributed by atoms with Crippen molar-refractivity contribution in [3.63, 3.8) is 0 Å². The molecule has 0 saturated carbocycles. The van der Waals surface area contributed by atoms with Gasteiger partial charge in [-0.1, -0.05) is 207 Å². The molecule has 324 valence electrons. The van der Waals surface area contributed by atoms with Crippen molar-refractivity contribution in [2.24, 2.45) is 0 Å². The third-order valence-corrected chi connectivity index (χ3v) is 17.2. The van der Waals surface area contributed by atoms with Crippen molar-refractivity contribution in [2.75, 3.05) is 23.0 Å². The highest BCUT2D eigenvalue weighted by Gasteiger charge is 2.12. The lowest BCUT2D eigenvalue weighted by Crippen LogP contribution is -2.01. The molecule has 0 rings (SSSR count). The smallest absolute Gasteiger partial charge is 0.132 e. The summed E-state index contributed by atoms with van der Waals surface area (Å²) in [4.78, 5) is 12.6. The summed E-state index contributed by atoms with van der Waals surface area (Å²) in [6.45, 7) is 9.25. The van der Waals surface area contributed by atoms with Crippen molar-refractivity contribution in [1.82, 2.24) is 0 Å². The Kier molecular flexibility index (Phi) is 49.4. The minimum absolute atomic E-state index is 0.532. The van der Waals surface area contributed by atoms with E-state index in [9.17, 15) is 4.79 Å². The highest BCUT2D eigenvalue weighted by molar-refractivity contribution is 8.17. The molecule has 0 radical (unpaired) electrons. The van der Waals surface area contributed by atoms with Crippen LogP contribution in [0.1, 0.15) is 272 Å². The van der Waals surface area contributed by atoms with E-state index < -0.39 is 0 Å². The molecule has 0 aliphatic carbocycles. The van der Waals surface area contributed by atoms with Crippen LogP contribution in [0.2, 0.25) is 0 Å². The van der Waals surface area contributed by atoms with Crippen LogP contribution in [-0.4, -0.2) is 38.0 Å². The van der Waals surface area contributed by atoms with Gasteiger partial charge in [0.25, 0.3) is 0 Å². The molecule has 0 aromatic rings. The largest absolute Gasteiger partial charge is 0.300 e. The lowest BCUT2D eigenvalue weighted by Gasteiger charge is -2.16. The maximum atomic E-state index is 12.6. The molecular weight excluding hydrogens is 733 g/mol. The highest BCUT2D eigenvalue weighted by Crippen LogP contribution is 2.32. The molecule has 0 unspecified atom stereocenters. The first-order valence-corrected chi connectivity index (χ1v) is 28.8. The lowest BCUT2D eigenvalue weighted by molar-refractivity contribution is -0.119. The monoisotopic (exact) mass is 831 g/mol. The number of Topliss-reactive ketones (excluding diaryl/α,β-unsaturated/α-hetero) is 1. The van der Waals surface area contributed by atoms with Crippen molar-refractivity contribution in [3.8, 4) is 0 Å². The fourth-order valence-electron chi connectivity index (χ4n) is 7.27. The van der Waals surface area contributed by atoms with Gasteiger partial charge in [-0.3, -0.25) is 4.79 Å². The fourth-order valence-corrected chi connectivity index (χ4v) is 13.1. The van der Waals surface area contributed by atoms with Gasteiger partial charge in [0.1, 0.15) is 5.78 Å². The molecule has 0 fully saturated rings. The van der Waals surface area contributed by atoms with Crippen LogP contribution in [0.5, 0.6) is 0 Å². The Morgan fingerprint density at radius 3 is 0.796 bits per heavy atom. The molecule has 1 nitrogen and oxygen atoms in total. The Morgan fingerprint density at radius 1 is 0.296 bits per heavy atom. The standard InChI is InChI=1S/C49H98OS4/c1-5-9-13-17-27-35-43-51-48(52-44-36-28-18-14-10-6-2)41-33-25-21-23-31-39-47(50)40-32-24-22-26-34-42-49(53-45-37-29-19-15-11-7-3)54-46-38-30-20-16-12-8-4/h48-49H,5-46H2,1-4H3. The maximum Gasteiger partial charge on any atom is 0.132 e. The number of thioether (sulfide) groups is 4. The minimum atomic E-state index is 0.532. The molecule has 0 aliphatic heterocycles. The summed E-state index contributed by atoms with van der Waals surface area (Å²) in [6.07, 6.45) is 51.2. The minimum Gasteiger partial charge on any atom is -0.300 e. The predicted molar refractivity (Wildman–Crippen MR) is 261 cm³/mol. The second-order valence-electron chi connectivity index (χ2n) is 16.6. The molecule has 0 amide bonds. The zero-order chi connectivity index (χ0) is 39.3. The van der Waals surface area contributed by atoms with E-state index in [1.54, 1.807) is 0 Å². The van der Waals surface area contributed by atoms with E-state index in [1.807, 2.05) is 0 Å². The molecule has 0 aromatic carbocycles. The van der Waals surface area contributed by atoms with Crippen molar-refractivity contribution in [1.29, 1.82) is 0 Å². The highest BCUT2D eigenvalue weighted by atomic mass is 32.2. The summed E-state index contributed by atoms with van der Waals surface area (Å²) in [7, 11) is 0. The normalized spacial score (nSPS) is 11.8. The van der Waals surface area contributed by atoms with Gasteiger partial charge in [-0.15, -0.1) is 47.0 Å².